The third-order valence-corrected chi connectivity index (χ3v) is 2.68. The molecule has 0 unspecified atom stereocenters. The van der Waals surface area contributed by atoms with Crippen LogP contribution in [0.3, 0.4) is 0 Å². The van der Waals surface area contributed by atoms with Crippen molar-refractivity contribution < 1.29 is 9.13 Å². The number of nitrogens with zero attached hydrogens (tertiary/aromatic N) is 2. The monoisotopic (exact) mass is 273 g/mol. The minimum Gasteiger partial charge on any atom is -0.489 e. The highest BCUT2D eigenvalue weighted by molar-refractivity contribution is 5.39. The second-order valence-electron chi connectivity index (χ2n) is 4.14. The molecule has 0 saturated heterocycles. The number of aryl methyl sites for hydroxylation is 1. The Bertz CT molecular complexity index is 640. The van der Waals surface area contributed by atoms with Gasteiger partial charge in [0.25, 0.3) is 0 Å². The van der Waals surface area contributed by atoms with Crippen molar-refractivity contribution in [3.05, 3.63) is 47.5 Å². The maximum Gasteiger partial charge on any atom is 0.142 e. The standard InChI is InChI=1S/C15H16FN3O/c1-2-19-10-12(9-18-19)11-20-14-6-5-13(4-3-7-17)15(16)8-14/h5-6,8-10H,2,7,11,17H2,1H3. The van der Waals surface area contributed by atoms with E-state index < -0.39 is 5.82 Å². The van der Waals surface area contributed by atoms with Crippen LogP contribution in [0, 0.1) is 17.7 Å². The van der Waals surface area contributed by atoms with Gasteiger partial charge in [-0.1, -0.05) is 11.8 Å². The van der Waals surface area contributed by atoms with Crippen molar-refractivity contribution in [2.24, 2.45) is 5.73 Å². The van der Waals surface area contributed by atoms with Gasteiger partial charge in [0.15, 0.2) is 0 Å². The highest BCUT2D eigenvalue weighted by Gasteiger charge is 2.03. The zero-order chi connectivity index (χ0) is 14.4. The average Bonchev–Trinajstić information content (AvgIpc) is 2.92. The molecular formula is C15H16FN3O. The summed E-state index contributed by atoms with van der Waals surface area (Å²) >= 11 is 0. The zero-order valence-electron chi connectivity index (χ0n) is 11.3. The summed E-state index contributed by atoms with van der Waals surface area (Å²) < 4.78 is 21.1. The topological polar surface area (TPSA) is 53.1 Å². The van der Waals surface area contributed by atoms with Crippen molar-refractivity contribution >= 4 is 0 Å². The average molecular weight is 273 g/mol. The quantitative estimate of drug-likeness (QED) is 0.866. The van der Waals surface area contributed by atoms with Crippen molar-refractivity contribution in [1.29, 1.82) is 0 Å². The molecule has 0 bridgehead atoms. The van der Waals surface area contributed by atoms with Gasteiger partial charge in [0.05, 0.1) is 18.3 Å². The lowest BCUT2D eigenvalue weighted by atomic mass is 10.2. The number of nitrogens with two attached hydrogens (primary N) is 1. The Labute approximate surface area is 117 Å². The maximum absolute atomic E-state index is 13.7. The zero-order valence-corrected chi connectivity index (χ0v) is 11.3. The molecule has 1 heterocycles. The molecule has 2 aromatic rings. The van der Waals surface area contributed by atoms with Crippen LogP contribution in [0.4, 0.5) is 4.39 Å². The van der Waals surface area contributed by atoms with Crippen LogP contribution >= 0.6 is 0 Å². The second-order valence-corrected chi connectivity index (χ2v) is 4.14. The number of benzene rings is 1. The summed E-state index contributed by atoms with van der Waals surface area (Å²) in [7, 11) is 0. The molecule has 2 N–H and O–H groups in total. The van der Waals surface area contributed by atoms with Crippen molar-refractivity contribution in [3.63, 3.8) is 0 Å². The predicted molar refractivity (Wildman–Crippen MR) is 74.6 cm³/mol. The van der Waals surface area contributed by atoms with Crippen LogP contribution in [0.1, 0.15) is 18.1 Å². The Morgan fingerprint density at radius 3 is 2.95 bits per heavy atom. The van der Waals surface area contributed by atoms with Gasteiger partial charge in [0.1, 0.15) is 18.2 Å². The molecule has 0 aliphatic heterocycles. The highest BCUT2D eigenvalue weighted by Crippen LogP contribution is 2.17. The van der Waals surface area contributed by atoms with E-state index in [4.69, 9.17) is 10.5 Å². The summed E-state index contributed by atoms with van der Waals surface area (Å²) in [6.07, 6.45) is 3.64. The van der Waals surface area contributed by atoms with Gasteiger partial charge in [-0.2, -0.15) is 5.10 Å². The third kappa shape index (κ3) is 3.59. The lowest BCUT2D eigenvalue weighted by molar-refractivity contribution is 0.304. The van der Waals surface area contributed by atoms with Crippen LogP contribution in [0.5, 0.6) is 5.75 Å². The first kappa shape index (κ1) is 14.1. The molecule has 0 aliphatic rings. The van der Waals surface area contributed by atoms with Gasteiger partial charge in [0.2, 0.25) is 0 Å². The Morgan fingerprint density at radius 2 is 2.30 bits per heavy atom. The van der Waals surface area contributed by atoms with E-state index in [1.54, 1.807) is 18.3 Å². The summed E-state index contributed by atoms with van der Waals surface area (Å²) in [5.74, 6) is 5.34. The van der Waals surface area contributed by atoms with Crippen LogP contribution in [0.15, 0.2) is 30.6 Å². The third-order valence-electron chi connectivity index (χ3n) is 2.68. The molecule has 4 nitrogen and oxygen atoms in total. The Morgan fingerprint density at radius 1 is 1.45 bits per heavy atom. The minimum absolute atomic E-state index is 0.207. The van der Waals surface area contributed by atoms with Crippen molar-refractivity contribution in [1.82, 2.24) is 9.78 Å². The second kappa shape index (κ2) is 6.73. The molecule has 0 atom stereocenters. The molecule has 20 heavy (non-hydrogen) atoms. The summed E-state index contributed by atoms with van der Waals surface area (Å²) in [5.41, 5.74) is 6.52. The molecule has 0 radical (unpaired) electrons. The van der Waals surface area contributed by atoms with Crippen LogP contribution in [0.2, 0.25) is 0 Å². The van der Waals surface area contributed by atoms with E-state index in [2.05, 4.69) is 16.9 Å². The molecule has 5 heteroatoms. The molecule has 104 valence electrons. The molecule has 1 aromatic carbocycles. The fourth-order valence-electron chi connectivity index (χ4n) is 1.65. The predicted octanol–water partition coefficient (Wildman–Crippen LogP) is 1.93. The number of ether oxygens (including phenoxy) is 1. The van der Waals surface area contributed by atoms with Gasteiger partial charge in [-0.25, -0.2) is 4.39 Å². The van der Waals surface area contributed by atoms with Crippen LogP contribution in [0.25, 0.3) is 0 Å². The lowest BCUT2D eigenvalue weighted by Crippen LogP contribution is -1.97. The fourth-order valence-corrected chi connectivity index (χ4v) is 1.65. The number of rotatable bonds is 4. The first-order chi connectivity index (χ1) is 9.72. The number of hydrogen-bond acceptors (Lipinski definition) is 3. The van der Waals surface area contributed by atoms with E-state index in [9.17, 15) is 4.39 Å². The normalized spacial score (nSPS) is 9.95. The van der Waals surface area contributed by atoms with Gasteiger partial charge in [-0.05, 0) is 19.1 Å². The van der Waals surface area contributed by atoms with Crippen molar-refractivity contribution in [3.8, 4) is 17.6 Å². The van der Waals surface area contributed by atoms with Gasteiger partial charge in [0, 0.05) is 24.4 Å². The number of hydrogen-bond donors (Lipinski definition) is 1. The first-order valence-corrected chi connectivity index (χ1v) is 6.35. The number of halogens is 1. The first-order valence-electron chi connectivity index (χ1n) is 6.35. The summed E-state index contributed by atoms with van der Waals surface area (Å²) in [6, 6.07) is 4.60. The van der Waals surface area contributed by atoms with Crippen molar-refractivity contribution in [2.45, 2.75) is 20.1 Å². The molecule has 0 fully saturated rings. The Kier molecular flexibility index (Phi) is 4.75. The molecule has 1 aromatic heterocycles. The highest BCUT2D eigenvalue weighted by atomic mass is 19.1. The largest absolute Gasteiger partial charge is 0.489 e. The number of aromatic nitrogens is 2. The van der Waals surface area contributed by atoms with Crippen LogP contribution in [-0.4, -0.2) is 16.3 Å². The van der Waals surface area contributed by atoms with E-state index in [-0.39, 0.29) is 6.54 Å². The maximum atomic E-state index is 13.7. The Balaban J connectivity index is 2.01. The summed E-state index contributed by atoms with van der Waals surface area (Å²) in [4.78, 5) is 0. The SMILES string of the molecule is CCn1cc(COc2ccc(C#CCN)c(F)c2)cn1. The van der Waals surface area contributed by atoms with Crippen LogP contribution in [-0.2, 0) is 13.2 Å². The molecule has 0 aliphatic carbocycles. The smallest absolute Gasteiger partial charge is 0.142 e. The van der Waals surface area contributed by atoms with E-state index in [0.717, 1.165) is 12.1 Å². The van der Waals surface area contributed by atoms with Gasteiger partial charge in [-0.15, -0.1) is 0 Å². The molecule has 0 amide bonds. The summed E-state index contributed by atoms with van der Waals surface area (Å²) in [6.45, 7) is 3.38. The molecule has 2 rings (SSSR count). The van der Waals surface area contributed by atoms with E-state index >= 15 is 0 Å². The summed E-state index contributed by atoms with van der Waals surface area (Å²) in [5, 5.41) is 4.14. The van der Waals surface area contributed by atoms with E-state index in [1.807, 2.05) is 17.8 Å². The van der Waals surface area contributed by atoms with Crippen LogP contribution < -0.4 is 10.5 Å². The van der Waals surface area contributed by atoms with Gasteiger partial charge < -0.3 is 10.5 Å². The van der Waals surface area contributed by atoms with Gasteiger partial charge >= 0.3 is 0 Å². The minimum atomic E-state index is -0.410. The molecule has 0 saturated carbocycles. The van der Waals surface area contributed by atoms with Gasteiger partial charge in [-0.3, -0.25) is 4.68 Å². The molecule has 0 spiro atoms. The lowest BCUT2D eigenvalue weighted by Gasteiger charge is -2.05. The fraction of sp³-hybridized carbons (Fsp3) is 0.267. The van der Waals surface area contributed by atoms with Crippen molar-refractivity contribution in [2.75, 3.05) is 6.54 Å². The molecular weight excluding hydrogens is 257 g/mol. The Hall–Kier alpha value is -2.32. The van der Waals surface area contributed by atoms with E-state index in [1.165, 1.54) is 6.07 Å². The van der Waals surface area contributed by atoms with E-state index in [0.29, 0.717) is 17.9 Å².